The summed E-state index contributed by atoms with van der Waals surface area (Å²) in [5.74, 6) is -0.0329. The fraction of sp³-hybridized carbons (Fsp3) is 0.579. The van der Waals surface area contributed by atoms with Crippen molar-refractivity contribution in [3.8, 4) is 0 Å². The number of hydrogen-bond donors (Lipinski definition) is 2. The predicted molar refractivity (Wildman–Crippen MR) is 95.0 cm³/mol. The average molecular weight is 342 g/mol. The van der Waals surface area contributed by atoms with Crippen molar-refractivity contribution in [2.75, 3.05) is 32.7 Å². The molecule has 0 aliphatic carbocycles. The van der Waals surface area contributed by atoms with Gasteiger partial charge in [-0.2, -0.15) is 0 Å². The van der Waals surface area contributed by atoms with Gasteiger partial charge in [0.05, 0.1) is 6.54 Å². The van der Waals surface area contributed by atoms with Gasteiger partial charge >= 0.3 is 0 Å². The molecule has 134 valence electrons. The highest BCUT2D eigenvalue weighted by Crippen LogP contribution is 2.25. The Balaban J connectivity index is 1.31. The molecular weight excluding hydrogens is 316 g/mol. The van der Waals surface area contributed by atoms with Gasteiger partial charge in [-0.15, -0.1) is 0 Å². The molecule has 2 fully saturated rings. The summed E-state index contributed by atoms with van der Waals surface area (Å²) in [6.45, 7) is 4.55. The van der Waals surface area contributed by atoms with Gasteiger partial charge in [0.25, 0.3) is 0 Å². The van der Waals surface area contributed by atoms with E-state index in [0.29, 0.717) is 19.1 Å². The van der Waals surface area contributed by atoms with Gasteiger partial charge in [0.2, 0.25) is 11.8 Å². The van der Waals surface area contributed by atoms with Crippen LogP contribution in [0.2, 0.25) is 0 Å². The first-order valence-electron chi connectivity index (χ1n) is 9.30. The summed E-state index contributed by atoms with van der Waals surface area (Å²) in [6, 6.07) is 8.86. The van der Waals surface area contributed by atoms with Crippen LogP contribution in [0.25, 0.3) is 0 Å². The molecule has 3 aliphatic heterocycles. The maximum atomic E-state index is 12.6. The zero-order valence-corrected chi connectivity index (χ0v) is 14.5. The number of carbonyl (C=O) groups is 2. The highest BCUT2D eigenvalue weighted by atomic mass is 16.2. The minimum absolute atomic E-state index is 0.0583. The molecule has 0 bridgehead atoms. The second-order valence-corrected chi connectivity index (χ2v) is 7.30. The van der Waals surface area contributed by atoms with Crippen LogP contribution in [0, 0.1) is 0 Å². The van der Waals surface area contributed by atoms with Crippen LogP contribution in [0.3, 0.4) is 0 Å². The predicted octanol–water partition coefficient (Wildman–Crippen LogP) is 0.124. The van der Waals surface area contributed by atoms with Crippen molar-refractivity contribution >= 4 is 11.8 Å². The van der Waals surface area contributed by atoms with Gasteiger partial charge in [-0.25, -0.2) is 0 Å². The number of hydrogen-bond acceptors (Lipinski definition) is 4. The second-order valence-electron chi connectivity index (χ2n) is 7.30. The third-order valence-corrected chi connectivity index (χ3v) is 5.72. The van der Waals surface area contributed by atoms with Crippen LogP contribution in [0.1, 0.15) is 24.0 Å². The van der Waals surface area contributed by atoms with Crippen LogP contribution < -0.4 is 10.6 Å². The van der Waals surface area contributed by atoms with Crippen LogP contribution in [-0.4, -0.2) is 66.4 Å². The van der Waals surface area contributed by atoms with Crippen molar-refractivity contribution in [3.63, 3.8) is 0 Å². The number of rotatable bonds is 2. The first-order chi connectivity index (χ1) is 12.2. The molecule has 2 amide bonds. The van der Waals surface area contributed by atoms with Crippen LogP contribution in [0.15, 0.2) is 24.3 Å². The molecule has 0 saturated carbocycles. The zero-order chi connectivity index (χ0) is 17.2. The molecule has 0 spiro atoms. The fourth-order valence-electron chi connectivity index (χ4n) is 4.28. The lowest BCUT2D eigenvalue weighted by molar-refractivity contribution is -0.138. The van der Waals surface area contributed by atoms with E-state index in [0.717, 1.165) is 45.4 Å². The molecule has 0 radical (unpaired) electrons. The van der Waals surface area contributed by atoms with E-state index in [2.05, 4.69) is 39.8 Å². The van der Waals surface area contributed by atoms with Crippen molar-refractivity contribution in [2.24, 2.45) is 0 Å². The molecule has 1 aromatic carbocycles. The number of amides is 2. The summed E-state index contributed by atoms with van der Waals surface area (Å²) in [5.41, 5.74) is 2.93. The molecule has 3 aliphatic rings. The van der Waals surface area contributed by atoms with Crippen LogP contribution >= 0.6 is 0 Å². The van der Waals surface area contributed by atoms with E-state index in [1.807, 2.05) is 4.90 Å². The Kier molecular flexibility index (Phi) is 4.72. The monoisotopic (exact) mass is 342 g/mol. The molecule has 2 saturated heterocycles. The summed E-state index contributed by atoms with van der Waals surface area (Å²) >= 11 is 0. The van der Waals surface area contributed by atoms with Gasteiger partial charge in [0, 0.05) is 38.8 Å². The highest BCUT2D eigenvalue weighted by Gasteiger charge is 2.33. The fourth-order valence-corrected chi connectivity index (χ4v) is 4.28. The molecule has 25 heavy (non-hydrogen) atoms. The molecule has 4 rings (SSSR count). The number of piperazine rings is 1. The molecule has 2 N–H and O–H groups in total. The first-order valence-corrected chi connectivity index (χ1v) is 9.30. The van der Waals surface area contributed by atoms with E-state index >= 15 is 0 Å². The Morgan fingerprint density at radius 3 is 2.60 bits per heavy atom. The zero-order valence-electron chi connectivity index (χ0n) is 14.5. The van der Waals surface area contributed by atoms with E-state index in [1.165, 1.54) is 11.1 Å². The number of nitrogens with zero attached hydrogens (tertiary/aromatic N) is 2. The topological polar surface area (TPSA) is 64.7 Å². The SMILES string of the molecule is O=C1CNCC(C(=O)N2CCC(N3CCc4ccccc4C3)CC2)N1. The van der Waals surface area contributed by atoms with Crippen LogP contribution in [0.4, 0.5) is 0 Å². The Bertz CT molecular complexity index is 655. The van der Waals surface area contributed by atoms with Gasteiger partial charge in [-0.3, -0.25) is 14.5 Å². The standard InChI is InChI=1S/C19H26N4O2/c24-18-12-20-11-17(21-18)19(25)22-9-6-16(7-10-22)23-8-5-14-3-1-2-4-15(14)13-23/h1-4,16-17,20H,5-13H2,(H,21,24). The van der Waals surface area contributed by atoms with E-state index in [-0.39, 0.29) is 11.8 Å². The van der Waals surface area contributed by atoms with Gasteiger partial charge < -0.3 is 15.5 Å². The molecule has 0 aromatic heterocycles. The number of benzene rings is 1. The minimum atomic E-state index is -0.403. The van der Waals surface area contributed by atoms with Crippen molar-refractivity contribution in [1.82, 2.24) is 20.4 Å². The highest BCUT2D eigenvalue weighted by molar-refractivity contribution is 5.89. The molecule has 1 aromatic rings. The number of carbonyl (C=O) groups excluding carboxylic acids is 2. The van der Waals surface area contributed by atoms with Crippen molar-refractivity contribution < 1.29 is 9.59 Å². The van der Waals surface area contributed by atoms with Gasteiger partial charge in [-0.1, -0.05) is 24.3 Å². The Morgan fingerprint density at radius 2 is 1.84 bits per heavy atom. The normalized spacial score (nSPS) is 25.4. The van der Waals surface area contributed by atoms with Crippen molar-refractivity contribution in [1.29, 1.82) is 0 Å². The Morgan fingerprint density at radius 1 is 1.08 bits per heavy atom. The number of nitrogens with one attached hydrogen (secondary N) is 2. The quantitative estimate of drug-likeness (QED) is 0.802. The summed E-state index contributed by atoms with van der Waals surface area (Å²) in [4.78, 5) is 28.6. The number of fused-ring (bicyclic) bond motifs is 1. The third-order valence-electron chi connectivity index (χ3n) is 5.72. The summed E-state index contributed by atoms with van der Waals surface area (Å²) < 4.78 is 0. The molecule has 1 unspecified atom stereocenters. The minimum Gasteiger partial charge on any atom is -0.342 e. The Labute approximate surface area is 148 Å². The molecular formula is C19H26N4O2. The summed E-state index contributed by atoms with van der Waals surface area (Å²) in [7, 11) is 0. The maximum absolute atomic E-state index is 12.6. The smallest absolute Gasteiger partial charge is 0.246 e. The van der Waals surface area contributed by atoms with E-state index in [1.54, 1.807) is 0 Å². The largest absolute Gasteiger partial charge is 0.342 e. The van der Waals surface area contributed by atoms with E-state index in [4.69, 9.17) is 0 Å². The Hall–Kier alpha value is -1.92. The summed E-state index contributed by atoms with van der Waals surface area (Å²) in [5, 5.41) is 5.80. The van der Waals surface area contributed by atoms with Crippen LogP contribution in [0.5, 0.6) is 0 Å². The average Bonchev–Trinajstić information content (AvgIpc) is 2.67. The molecule has 1 atom stereocenters. The van der Waals surface area contributed by atoms with Gasteiger partial charge in [-0.05, 0) is 30.4 Å². The van der Waals surface area contributed by atoms with Gasteiger partial charge in [0.1, 0.15) is 6.04 Å². The third kappa shape index (κ3) is 3.55. The number of piperidine rings is 1. The maximum Gasteiger partial charge on any atom is 0.246 e. The van der Waals surface area contributed by atoms with Crippen LogP contribution in [-0.2, 0) is 22.6 Å². The second kappa shape index (κ2) is 7.14. The van der Waals surface area contributed by atoms with E-state index in [9.17, 15) is 9.59 Å². The van der Waals surface area contributed by atoms with Crippen molar-refractivity contribution in [3.05, 3.63) is 35.4 Å². The summed E-state index contributed by atoms with van der Waals surface area (Å²) in [6.07, 6.45) is 3.15. The lowest BCUT2D eigenvalue weighted by Gasteiger charge is -2.41. The molecule has 6 nitrogen and oxygen atoms in total. The number of likely N-dealkylation sites (tertiary alicyclic amines) is 1. The van der Waals surface area contributed by atoms with Gasteiger partial charge in [0.15, 0.2) is 0 Å². The lowest BCUT2D eigenvalue weighted by atomic mass is 9.95. The lowest BCUT2D eigenvalue weighted by Crippen LogP contribution is -2.60. The molecule has 6 heteroatoms. The molecule has 3 heterocycles. The first kappa shape index (κ1) is 16.5. The van der Waals surface area contributed by atoms with E-state index < -0.39 is 6.04 Å². The van der Waals surface area contributed by atoms with Crippen molar-refractivity contribution in [2.45, 2.75) is 37.9 Å².